The second-order valence-electron chi connectivity index (χ2n) is 5.37. The van der Waals surface area contributed by atoms with E-state index in [0.717, 1.165) is 14.6 Å². The minimum absolute atomic E-state index is 0.0505. The van der Waals surface area contributed by atoms with Gasteiger partial charge in [-0.15, -0.1) is 11.3 Å². The number of hydrazone groups is 1. The number of aromatic hydroxyl groups is 1. The Morgan fingerprint density at radius 1 is 1.38 bits per heavy atom. The largest absolute Gasteiger partial charge is 0.504 e. The van der Waals surface area contributed by atoms with Crippen LogP contribution in [-0.4, -0.2) is 34.6 Å². The predicted molar refractivity (Wildman–Crippen MR) is 105 cm³/mol. The summed E-state index contributed by atoms with van der Waals surface area (Å²) >= 11 is 2.97. The lowest BCUT2D eigenvalue weighted by Gasteiger charge is -2.07. The molecule has 134 valence electrons. The number of carbonyl (C=O) groups excluding carboxylic acids is 1. The summed E-state index contributed by atoms with van der Waals surface area (Å²) in [5.41, 5.74) is 4.16. The lowest BCUT2D eigenvalue weighted by atomic mass is 10.2. The first-order chi connectivity index (χ1) is 12.6. The number of hydrogen-bond acceptors (Lipinski definition) is 7. The van der Waals surface area contributed by atoms with Crippen LogP contribution in [0, 0.1) is 0 Å². The minimum atomic E-state index is -0.331. The lowest BCUT2D eigenvalue weighted by Crippen LogP contribution is -2.26. The van der Waals surface area contributed by atoms with Crippen LogP contribution in [0.2, 0.25) is 0 Å². The number of carbonyl (C=O) groups is 1. The molecule has 26 heavy (non-hydrogen) atoms. The fraction of sp³-hybridized carbons (Fsp3) is 0.167. The average molecular weight is 387 g/mol. The van der Waals surface area contributed by atoms with E-state index in [1.54, 1.807) is 23.5 Å². The van der Waals surface area contributed by atoms with Gasteiger partial charge in [0.25, 0.3) is 5.91 Å². The van der Waals surface area contributed by atoms with Crippen LogP contribution in [0.1, 0.15) is 12.5 Å². The third-order valence-corrected chi connectivity index (χ3v) is 5.74. The molecule has 0 saturated carbocycles. The summed E-state index contributed by atoms with van der Waals surface area (Å²) in [5, 5.41) is 13.2. The van der Waals surface area contributed by atoms with Crippen molar-refractivity contribution in [1.82, 2.24) is 10.4 Å². The fourth-order valence-electron chi connectivity index (χ4n) is 2.14. The van der Waals surface area contributed by atoms with Crippen molar-refractivity contribution in [2.24, 2.45) is 5.10 Å². The molecule has 0 unspecified atom stereocenters. The van der Waals surface area contributed by atoms with E-state index in [2.05, 4.69) is 15.5 Å². The van der Waals surface area contributed by atoms with E-state index in [9.17, 15) is 9.90 Å². The third-order valence-electron chi connectivity index (χ3n) is 3.51. The number of nitrogens with zero attached hydrogens (tertiary/aromatic N) is 2. The molecule has 3 aromatic rings. The zero-order valence-electron chi connectivity index (χ0n) is 14.2. The Morgan fingerprint density at radius 2 is 2.19 bits per heavy atom. The van der Waals surface area contributed by atoms with E-state index in [4.69, 9.17) is 4.74 Å². The van der Waals surface area contributed by atoms with Gasteiger partial charge in [-0.2, -0.15) is 5.10 Å². The van der Waals surface area contributed by atoms with Crippen molar-refractivity contribution >= 4 is 45.4 Å². The number of para-hydroxylation sites is 1. The van der Waals surface area contributed by atoms with Gasteiger partial charge < -0.3 is 9.84 Å². The first-order valence-electron chi connectivity index (χ1n) is 7.79. The molecule has 0 aliphatic heterocycles. The number of rotatable bonds is 6. The number of phenolic OH excluding ortho intramolecular Hbond substituents is 1. The highest BCUT2D eigenvalue weighted by molar-refractivity contribution is 8.02. The Labute approximate surface area is 158 Å². The highest BCUT2D eigenvalue weighted by Crippen LogP contribution is 2.31. The van der Waals surface area contributed by atoms with E-state index in [1.165, 1.54) is 31.2 Å². The second-order valence-corrected chi connectivity index (χ2v) is 7.99. The van der Waals surface area contributed by atoms with Gasteiger partial charge in [0, 0.05) is 0 Å². The highest BCUT2D eigenvalue weighted by atomic mass is 32.2. The van der Waals surface area contributed by atoms with Crippen molar-refractivity contribution in [1.29, 1.82) is 0 Å². The van der Waals surface area contributed by atoms with Crippen LogP contribution in [-0.2, 0) is 4.79 Å². The number of ether oxygens (including phenoxy) is 1. The van der Waals surface area contributed by atoms with Crippen molar-refractivity contribution < 1.29 is 14.6 Å². The van der Waals surface area contributed by atoms with Crippen LogP contribution in [0.4, 0.5) is 0 Å². The van der Waals surface area contributed by atoms with Crippen molar-refractivity contribution in [3.63, 3.8) is 0 Å². The average Bonchev–Trinajstić information content (AvgIpc) is 3.05. The quantitative estimate of drug-likeness (QED) is 0.383. The van der Waals surface area contributed by atoms with E-state index >= 15 is 0 Å². The number of hydrogen-bond donors (Lipinski definition) is 2. The maximum absolute atomic E-state index is 12.2. The maximum atomic E-state index is 12.2. The Bertz CT molecular complexity index is 923. The molecule has 3 rings (SSSR count). The smallest absolute Gasteiger partial charge is 0.253 e. The van der Waals surface area contributed by atoms with Crippen molar-refractivity contribution in [3.05, 3.63) is 48.0 Å². The zero-order valence-corrected chi connectivity index (χ0v) is 15.8. The predicted octanol–water partition coefficient (Wildman–Crippen LogP) is 3.64. The highest BCUT2D eigenvalue weighted by Gasteiger charge is 2.16. The van der Waals surface area contributed by atoms with Crippen molar-refractivity contribution in [2.75, 3.05) is 7.11 Å². The maximum Gasteiger partial charge on any atom is 0.253 e. The van der Waals surface area contributed by atoms with Crippen LogP contribution in [0.5, 0.6) is 11.5 Å². The molecule has 6 nitrogen and oxygen atoms in total. The molecule has 0 saturated heterocycles. The van der Waals surface area contributed by atoms with Gasteiger partial charge in [-0.25, -0.2) is 10.4 Å². The monoisotopic (exact) mass is 387 g/mol. The summed E-state index contributed by atoms with van der Waals surface area (Å²) in [7, 11) is 1.47. The van der Waals surface area contributed by atoms with E-state index in [-0.39, 0.29) is 16.9 Å². The third kappa shape index (κ3) is 4.33. The Morgan fingerprint density at radius 3 is 2.96 bits per heavy atom. The van der Waals surface area contributed by atoms with Crippen LogP contribution >= 0.6 is 23.1 Å². The van der Waals surface area contributed by atoms with Gasteiger partial charge in [-0.1, -0.05) is 23.9 Å². The Balaban J connectivity index is 1.58. The molecule has 8 heteroatoms. The van der Waals surface area contributed by atoms with Gasteiger partial charge in [-0.3, -0.25) is 4.79 Å². The van der Waals surface area contributed by atoms with Crippen molar-refractivity contribution in [2.45, 2.75) is 16.5 Å². The summed E-state index contributed by atoms with van der Waals surface area (Å²) in [4.78, 5) is 16.7. The second kappa shape index (κ2) is 8.20. The number of thiazole rings is 1. The Kier molecular flexibility index (Phi) is 5.75. The number of amides is 1. The number of thioether (sulfide) groups is 1. The molecule has 1 amide bonds. The molecule has 2 aromatic carbocycles. The van der Waals surface area contributed by atoms with Gasteiger partial charge in [0.15, 0.2) is 15.8 Å². The number of methoxy groups -OCH3 is 1. The SMILES string of the molecule is COc1cc(/C=N/NC(=O)[C@@H](C)Sc2nc3ccccc3s2)ccc1O. The summed E-state index contributed by atoms with van der Waals surface area (Å²) in [6, 6.07) is 12.7. The molecule has 0 aliphatic carbocycles. The first-order valence-corrected chi connectivity index (χ1v) is 9.48. The molecule has 1 atom stereocenters. The van der Waals surface area contributed by atoms with Gasteiger partial charge >= 0.3 is 0 Å². The van der Waals surface area contributed by atoms with Crippen LogP contribution in [0.3, 0.4) is 0 Å². The van der Waals surface area contributed by atoms with E-state index in [0.29, 0.717) is 11.3 Å². The van der Waals surface area contributed by atoms with E-state index in [1.807, 2.05) is 31.2 Å². The standard InChI is InChI=1S/C18H17N3O3S2/c1-11(25-18-20-13-5-3-4-6-16(13)26-18)17(23)21-19-10-12-7-8-14(22)15(9-12)24-2/h3-11,22H,1-2H3,(H,21,23)/b19-10+/t11-/m1/s1. The molecule has 1 heterocycles. The molecule has 0 fully saturated rings. The van der Waals surface area contributed by atoms with Crippen molar-refractivity contribution in [3.8, 4) is 11.5 Å². The molecule has 1 aromatic heterocycles. The number of aromatic nitrogens is 1. The van der Waals surface area contributed by atoms with Crippen LogP contribution in [0.15, 0.2) is 51.9 Å². The fourth-order valence-corrected chi connectivity index (χ4v) is 4.35. The summed E-state index contributed by atoms with van der Waals surface area (Å²) in [6.07, 6.45) is 1.49. The summed E-state index contributed by atoms with van der Waals surface area (Å²) < 4.78 is 6.98. The number of benzene rings is 2. The number of nitrogens with one attached hydrogen (secondary N) is 1. The molecular formula is C18H17N3O3S2. The minimum Gasteiger partial charge on any atom is -0.504 e. The number of fused-ring (bicyclic) bond motifs is 1. The van der Waals surface area contributed by atoms with Gasteiger partial charge in [0.2, 0.25) is 0 Å². The Hall–Kier alpha value is -2.58. The summed E-state index contributed by atoms with van der Waals surface area (Å²) in [6.45, 7) is 1.81. The van der Waals surface area contributed by atoms with Crippen LogP contribution in [0.25, 0.3) is 10.2 Å². The molecular weight excluding hydrogens is 370 g/mol. The molecule has 0 aliphatic rings. The number of phenols is 1. The summed E-state index contributed by atoms with van der Waals surface area (Å²) in [5.74, 6) is 0.186. The van der Waals surface area contributed by atoms with Crippen LogP contribution < -0.4 is 10.2 Å². The normalized spacial score (nSPS) is 12.4. The first kappa shape index (κ1) is 18.2. The van der Waals surface area contributed by atoms with Gasteiger partial charge in [0.05, 0.1) is 28.8 Å². The molecule has 0 bridgehead atoms. The van der Waals surface area contributed by atoms with E-state index < -0.39 is 0 Å². The zero-order chi connectivity index (χ0) is 18.5. The lowest BCUT2D eigenvalue weighted by molar-refractivity contribution is -0.120. The van der Waals surface area contributed by atoms with Gasteiger partial charge in [0.1, 0.15) is 0 Å². The topological polar surface area (TPSA) is 83.8 Å². The molecule has 0 spiro atoms. The molecule has 2 N–H and O–H groups in total. The molecule has 0 radical (unpaired) electrons. The van der Waals surface area contributed by atoms with Gasteiger partial charge in [-0.05, 0) is 42.8 Å².